The molecule has 2 heteroatoms. The molecular formula is C16H23NO. The molecule has 2 rings (SSSR count). The third-order valence-electron chi connectivity index (χ3n) is 3.94. The third-order valence-corrected chi connectivity index (χ3v) is 3.94. The number of benzene rings is 1. The van der Waals surface area contributed by atoms with Crippen LogP contribution in [0.4, 0.5) is 0 Å². The van der Waals surface area contributed by atoms with Crippen LogP contribution in [0.25, 0.3) is 0 Å². The van der Waals surface area contributed by atoms with E-state index in [2.05, 4.69) is 53.7 Å². The molecule has 0 bridgehead atoms. The summed E-state index contributed by atoms with van der Waals surface area (Å²) in [6.45, 7) is 12.8. The predicted octanol–water partition coefficient (Wildman–Crippen LogP) is 3.91. The fourth-order valence-corrected chi connectivity index (χ4v) is 3.01. The number of fused-ring (bicyclic) bond motifs is 1. The summed E-state index contributed by atoms with van der Waals surface area (Å²) in [7, 11) is 0. The summed E-state index contributed by atoms with van der Waals surface area (Å²) in [5.41, 5.74) is 3.15. The molecular weight excluding hydrogens is 222 g/mol. The van der Waals surface area contributed by atoms with Gasteiger partial charge in [-0.3, -0.25) is 4.79 Å². The van der Waals surface area contributed by atoms with Gasteiger partial charge in [0, 0.05) is 11.6 Å². The summed E-state index contributed by atoms with van der Waals surface area (Å²) in [5, 5.41) is 0. The first kappa shape index (κ1) is 13.1. The highest BCUT2D eigenvalue weighted by Crippen LogP contribution is 2.41. The van der Waals surface area contributed by atoms with Crippen molar-refractivity contribution in [2.45, 2.75) is 59.0 Å². The molecule has 0 saturated carbocycles. The van der Waals surface area contributed by atoms with E-state index < -0.39 is 0 Å². The van der Waals surface area contributed by atoms with Crippen LogP contribution in [0, 0.1) is 0 Å². The molecule has 0 saturated heterocycles. The van der Waals surface area contributed by atoms with E-state index in [0.717, 1.165) is 5.56 Å². The van der Waals surface area contributed by atoms with Crippen molar-refractivity contribution in [3.05, 3.63) is 34.9 Å². The molecule has 0 aliphatic carbocycles. The minimum atomic E-state index is -0.203. The second-order valence-corrected chi connectivity index (χ2v) is 6.29. The first-order valence-electron chi connectivity index (χ1n) is 6.75. The van der Waals surface area contributed by atoms with E-state index in [4.69, 9.17) is 0 Å². The van der Waals surface area contributed by atoms with E-state index in [9.17, 15) is 4.79 Å². The molecule has 0 atom stereocenters. The molecule has 1 aliphatic rings. The highest BCUT2D eigenvalue weighted by Gasteiger charge is 2.44. The van der Waals surface area contributed by atoms with Gasteiger partial charge in [0.1, 0.15) is 0 Å². The van der Waals surface area contributed by atoms with Crippen molar-refractivity contribution in [1.82, 2.24) is 4.90 Å². The van der Waals surface area contributed by atoms with Crippen molar-refractivity contribution >= 4 is 5.91 Å². The Morgan fingerprint density at radius 2 is 1.72 bits per heavy atom. The van der Waals surface area contributed by atoms with Crippen LogP contribution in [0.1, 0.15) is 68.9 Å². The Morgan fingerprint density at radius 1 is 1.11 bits per heavy atom. The summed E-state index contributed by atoms with van der Waals surface area (Å²) in [6.07, 6.45) is 0. The summed E-state index contributed by atoms with van der Waals surface area (Å²) >= 11 is 0. The van der Waals surface area contributed by atoms with Crippen molar-refractivity contribution in [2.75, 3.05) is 0 Å². The number of rotatable bonds is 2. The summed E-state index contributed by atoms with van der Waals surface area (Å²) in [5.74, 6) is 0.662. The van der Waals surface area contributed by atoms with Crippen LogP contribution in [0.3, 0.4) is 0 Å². The number of hydrogen-bond donors (Lipinski definition) is 0. The van der Waals surface area contributed by atoms with Crippen molar-refractivity contribution in [3.8, 4) is 0 Å². The lowest BCUT2D eigenvalue weighted by Gasteiger charge is -2.36. The van der Waals surface area contributed by atoms with E-state index in [0.29, 0.717) is 5.92 Å². The van der Waals surface area contributed by atoms with Gasteiger partial charge >= 0.3 is 0 Å². The fourth-order valence-electron chi connectivity index (χ4n) is 3.01. The molecule has 0 N–H and O–H groups in total. The van der Waals surface area contributed by atoms with Gasteiger partial charge in [-0.05, 0) is 50.8 Å². The molecule has 0 radical (unpaired) electrons. The normalized spacial score (nSPS) is 17.8. The Balaban J connectivity index is 2.58. The highest BCUT2D eigenvalue weighted by molar-refractivity contribution is 6.00. The molecule has 18 heavy (non-hydrogen) atoms. The maximum Gasteiger partial charge on any atom is 0.255 e. The third kappa shape index (κ3) is 1.75. The van der Waals surface area contributed by atoms with E-state index in [-0.39, 0.29) is 17.5 Å². The largest absolute Gasteiger partial charge is 0.327 e. The maximum atomic E-state index is 12.5. The van der Waals surface area contributed by atoms with E-state index >= 15 is 0 Å². The second-order valence-electron chi connectivity index (χ2n) is 6.29. The van der Waals surface area contributed by atoms with Gasteiger partial charge in [0.25, 0.3) is 5.91 Å². The number of amides is 1. The van der Waals surface area contributed by atoms with Gasteiger partial charge in [-0.1, -0.05) is 26.0 Å². The first-order valence-corrected chi connectivity index (χ1v) is 6.75. The summed E-state index contributed by atoms with van der Waals surface area (Å²) in [4.78, 5) is 14.4. The zero-order chi connectivity index (χ0) is 13.7. The lowest BCUT2D eigenvalue weighted by atomic mass is 9.89. The van der Waals surface area contributed by atoms with Crippen LogP contribution in [-0.2, 0) is 5.54 Å². The van der Waals surface area contributed by atoms with Gasteiger partial charge in [-0.25, -0.2) is 0 Å². The molecule has 0 aromatic heterocycles. The zero-order valence-corrected chi connectivity index (χ0v) is 12.2. The smallest absolute Gasteiger partial charge is 0.255 e. The van der Waals surface area contributed by atoms with Gasteiger partial charge in [0.15, 0.2) is 0 Å². The van der Waals surface area contributed by atoms with Gasteiger partial charge in [0.2, 0.25) is 0 Å². The molecule has 2 nitrogen and oxygen atoms in total. The number of carbonyl (C=O) groups excluding carboxylic acids is 1. The average Bonchev–Trinajstić information content (AvgIpc) is 2.46. The Morgan fingerprint density at radius 3 is 2.22 bits per heavy atom. The molecule has 98 valence electrons. The van der Waals surface area contributed by atoms with Crippen LogP contribution in [0.2, 0.25) is 0 Å². The quantitative estimate of drug-likeness (QED) is 0.773. The van der Waals surface area contributed by atoms with E-state index in [1.54, 1.807) is 0 Å². The first-order chi connectivity index (χ1) is 8.26. The van der Waals surface area contributed by atoms with Crippen LogP contribution in [-0.4, -0.2) is 16.8 Å². The molecule has 1 amide bonds. The van der Waals surface area contributed by atoms with Crippen molar-refractivity contribution in [3.63, 3.8) is 0 Å². The molecule has 1 heterocycles. The van der Waals surface area contributed by atoms with Crippen LogP contribution >= 0.6 is 0 Å². The van der Waals surface area contributed by atoms with Crippen LogP contribution < -0.4 is 0 Å². The summed E-state index contributed by atoms with van der Waals surface area (Å²) in [6, 6.07) is 6.51. The van der Waals surface area contributed by atoms with Gasteiger partial charge in [0.05, 0.1) is 5.54 Å². The zero-order valence-electron chi connectivity index (χ0n) is 12.2. The predicted molar refractivity (Wildman–Crippen MR) is 74.9 cm³/mol. The topological polar surface area (TPSA) is 20.3 Å². The lowest BCUT2D eigenvalue weighted by Crippen LogP contribution is -2.43. The van der Waals surface area contributed by atoms with Gasteiger partial charge < -0.3 is 4.90 Å². The molecule has 1 aromatic rings. The number of hydrogen-bond acceptors (Lipinski definition) is 1. The van der Waals surface area contributed by atoms with Gasteiger partial charge in [-0.2, -0.15) is 0 Å². The second kappa shape index (κ2) is 4.11. The number of nitrogens with zero attached hydrogens (tertiary/aromatic N) is 1. The number of carbonyl (C=O) groups is 1. The van der Waals surface area contributed by atoms with Crippen molar-refractivity contribution in [2.24, 2.45) is 0 Å². The SMILES string of the molecule is CC(C)c1ccc2c(c1)C(C)(C)N(C(C)C)C2=O. The Hall–Kier alpha value is -1.31. The molecule has 1 aromatic carbocycles. The van der Waals surface area contributed by atoms with Crippen LogP contribution in [0.15, 0.2) is 18.2 Å². The standard InChI is InChI=1S/C16H23NO/c1-10(2)12-7-8-13-14(9-12)16(5,6)17(11(3)4)15(13)18/h7-11H,1-6H3. The van der Waals surface area contributed by atoms with Gasteiger partial charge in [-0.15, -0.1) is 0 Å². The molecule has 0 fully saturated rings. The minimum Gasteiger partial charge on any atom is -0.327 e. The molecule has 1 aliphatic heterocycles. The molecule has 0 unspecified atom stereocenters. The maximum absolute atomic E-state index is 12.5. The Bertz CT molecular complexity index is 486. The lowest BCUT2D eigenvalue weighted by molar-refractivity contribution is 0.0525. The Kier molecular flexibility index (Phi) is 3.00. The summed E-state index contributed by atoms with van der Waals surface area (Å²) < 4.78 is 0. The van der Waals surface area contributed by atoms with Crippen molar-refractivity contribution in [1.29, 1.82) is 0 Å². The van der Waals surface area contributed by atoms with E-state index in [1.807, 2.05) is 11.0 Å². The average molecular weight is 245 g/mol. The minimum absolute atomic E-state index is 0.167. The van der Waals surface area contributed by atoms with Crippen molar-refractivity contribution < 1.29 is 4.79 Å². The highest BCUT2D eigenvalue weighted by atomic mass is 16.2. The molecule has 0 spiro atoms. The monoisotopic (exact) mass is 245 g/mol. The van der Waals surface area contributed by atoms with E-state index in [1.165, 1.54) is 11.1 Å². The Labute approximate surface area is 110 Å². The fraction of sp³-hybridized carbons (Fsp3) is 0.562. The van der Waals surface area contributed by atoms with Crippen LogP contribution in [0.5, 0.6) is 0 Å².